The summed E-state index contributed by atoms with van der Waals surface area (Å²) in [7, 11) is 0. The minimum absolute atomic E-state index is 0.163. The maximum absolute atomic E-state index is 12.2. The molecule has 0 aromatic rings. The van der Waals surface area contributed by atoms with Crippen LogP contribution in [0.2, 0.25) is 0 Å². The number of nitrogens with zero attached hydrogens (tertiary/aromatic N) is 1. The lowest BCUT2D eigenvalue weighted by atomic mass is 9.96. The molecule has 1 amide bonds. The Labute approximate surface area is 103 Å². The van der Waals surface area contributed by atoms with Gasteiger partial charge in [-0.2, -0.15) is 0 Å². The van der Waals surface area contributed by atoms with Crippen molar-refractivity contribution in [3.05, 3.63) is 0 Å². The van der Waals surface area contributed by atoms with Crippen LogP contribution in [0, 0.1) is 5.92 Å². The fourth-order valence-corrected chi connectivity index (χ4v) is 1.85. The van der Waals surface area contributed by atoms with Gasteiger partial charge in [-0.1, -0.05) is 13.3 Å². The molecule has 100 valence electrons. The van der Waals surface area contributed by atoms with Crippen LogP contribution in [0.3, 0.4) is 0 Å². The van der Waals surface area contributed by atoms with E-state index in [0.29, 0.717) is 13.0 Å². The van der Waals surface area contributed by atoms with Crippen molar-refractivity contribution in [2.24, 2.45) is 11.7 Å². The summed E-state index contributed by atoms with van der Waals surface area (Å²) in [5.74, 6) is -1.44. The molecule has 1 unspecified atom stereocenters. The molecule has 3 N–H and O–H groups in total. The van der Waals surface area contributed by atoms with Gasteiger partial charge < -0.3 is 15.7 Å². The van der Waals surface area contributed by atoms with Gasteiger partial charge in [0, 0.05) is 13.1 Å². The van der Waals surface area contributed by atoms with E-state index in [1.165, 1.54) is 18.7 Å². The first-order valence-corrected chi connectivity index (χ1v) is 6.07. The molecule has 17 heavy (non-hydrogen) atoms. The molecule has 0 aliphatic carbocycles. The van der Waals surface area contributed by atoms with Gasteiger partial charge in [0.05, 0.1) is 5.92 Å². The topological polar surface area (TPSA) is 83.6 Å². The SMILES string of the molecule is CCCC(CN)C(=O)N(CC)C(C)(C)C(=O)O. The average molecular weight is 244 g/mol. The summed E-state index contributed by atoms with van der Waals surface area (Å²) in [5.41, 5.74) is 4.39. The number of rotatable bonds is 7. The van der Waals surface area contributed by atoms with Crippen LogP contribution in [0.4, 0.5) is 0 Å². The monoisotopic (exact) mass is 244 g/mol. The van der Waals surface area contributed by atoms with Crippen LogP contribution in [0.1, 0.15) is 40.5 Å². The van der Waals surface area contributed by atoms with Crippen molar-refractivity contribution in [1.82, 2.24) is 4.90 Å². The van der Waals surface area contributed by atoms with E-state index >= 15 is 0 Å². The lowest BCUT2D eigenvalue weighted by Gasteiger charge is -2.36. The quantitative estimate of drug-likeness (QED) is 0.701. The van der Waals surface area contributed by atoms with Gasteiger partial charge in [-0.05, 0) is 27.2 Å². The summed E-state index contributed by atoms with van der Waals surface area (Å²) >= 11 is 0. The Balaban J connectivity index is 4.99. The number of amides is 1. The van der Waals surface area contributed by atoms with Crippen LogP contribution in [0.5, 0.6) is 0 Å². The zero-order chi connectivity index (χ0) is 13.6. The molecule has 5 heteroatoms. The number of hydrogen-bond donors (Lipinski definition) is 2. The molecule has 5 nitrogen and oxygen atoms in total. The van der Waals surface area contributed by atoms with Crippen molar-refractivity contribution in [1.29, 1.82) is 0 Å². The highest BCUT2D eigenvalue weighted by Gasteiger charge is 2.38. The number of aliphatic carboxylic acids is 1. The number of likely N-dealkylation sites (N-methyl/N-ethyl adjacent to an activating group) is 1. The van der Waals surface area contributed by atoms with Gasteiger partial charge in [0.2, 0.25) is 5.91 Å². The van der Waals surface area contributed by atoms with Gasteiger partial charge >= 0.3 is 5.97 Å². The highest BCUT2D eigenvalue weighted by atomic mass is 16.4. The molecule has 0 spiro atoms. The molecule has 0 saturated heterocycles. The molecule has 0 heterocycles. The number of carbonyl (C=O) groups is 2. The Morgan fingerprint density at radius 1 is 1.35 bits per heavy atom. The number of carbonyl (C=O) groups excluding carboxylic acids is 1. The van der Waals surface area contributed by atoms with Crippen molar-refractivity contribution in [2.45, 2.75) is 46.1 Å². The minimum atomic E-state index is -1.19. The fraction of sp³-hybridized carbons (Fsp3) is 0.833. The Morgan fingerprint density at radius 3 is 2.18 bits per heavy atom. The Bertz CT molecular complexity index is 277. The highest BCUT2D eigenvalue weighted by Crippen LogP contribution is 2.19. The highest BCUT2D eigenvalue weighted by molar-refractivity contribution is 5.87. The van der Waals surface area contributed by atoms with Crippen LogP contribution < -0.4 is 5.73 Å². The lowest BCUT2D eigenvalue weighted by molar-refractivity contribution is -0.158. The maximum Gasteiger partial charge on any atom is 0.329 e. The second-order valence-corrected chi connectivity index (χ2v) is 4.67. The van der Waals surface area contributed by atoms with Crippen LogP contribution in [-0.4, -0.2) is 40.5 Å². The summed E-state index contributed by atoms with van der Waals surface area (Å²) in [6.45, 7) is 7.47. The van der Waals surface area contributed by atoms with Gasteiger partial charge in [-0.3, -0.25) is 4.79 Å². The first kappa shape index (κ1) is 15.9. The summed E-state index contributed by atoms with van der Waals surface area (Å²) in [5, 5.41) is 9.15. The molecule has 0 bridgehead atoms. The molecule has 0 aliphatic rings. The Kier molecular flexibility index (Phi) is 6.16. The largest absolute Gasteiger partial charge is 0.480 e. The summed E-state index contributed by atoms with van der Waals surface area (Å²) < 4.78 is 0. The third-order valence-corrected chi connectivity index (χ3v) is 3.05. The van der Waals surface area contributed by atoms with Gasteiger partial charge in [-0.15, -0.1) is 0 Å². The Morgan fingerprint density at radius 2 is 1.88 bits per heavy atom. The van der Waals surface area contributed by atoms with E-state index in [-0.39, 0.29) is 18.4 Å². The zero-order valence-corrected chi connectivity index (χ0v) is 11.2. The van der Waals surface area contributed by atoms with E-state index in [4.69, 9.17) is 10.8 Å². The first-order valence-electron chi connectivity index (χ1n) is 6.07. The van der Waals surface area contributed by atoms with Gasteiger partial charge in [0.15, 0.2) is 0 Å². The molecule has 1 atom stereocenters. The van der Waals surface area contributed by atoms with Gasteiger partial charge in [0.1, 0.15) is 5.54 Å². The molecule has 0 aromatic heterocycles. The second kappa shape index (κ2) is 6.59. The molecule has 0 fully saturated rings. The lowest BCUT2D eigenvalue weighted by Crippen LogP contribution is -2.55. The molecule has 0 aliphatic heterocycles. The van der Waals surface area contributed by atoms with Crippen molar-refractivity contribution in [3.63, 3.8) is 0 Å². The van der Waals surface area contributed by atoms with Gasteiger partial charge in [0.25, 0.3) is 0 Å². The predicted molar refractivity (Wildman–Crippen MR) is 66.6 cm³/mol. The summed E-state index contributed by atoms with van der Waals surface area (Å²) in [6, 6.07) is 0. The summed E-state index contributed by atoms with van der Waals surface area (Å²) in [6.07, 6.45) is 1.56. The fourth-order valence-electron chi connectivity index (χ4n) is 1.85. The molecular weight excluding hydrogens is 220 g/mol. The molecule has 0 radical (unpaired) electrons. The molecular formula is C12H24N2O3. The van der Waals surface area contributed by atoms with E-state index in [1.54, 1.807) is 6.92 Å². The molecule has 0 saturated carbocycles. The zero-order valence-electron chi connectivity index (χ0n) is 11.2. The third kappa shape index (κ3) is 3.70. The molecule has 0 aromatic carbocycles. The average Bonchev–Trinajstić information content (AvgIpc) is 2.25. The number of hydrogen-bond acceptors (Lipinski definition) is 3. The van der Waals surface area contributed by atoms with E-state index in [9.17, 15) is 9.59 Å². The third-order valence-electron chi connectivity index (χ3n) is 3.05. The number of carboxylic acids is 1. The minimum Gasteiger partial charge on any atom is -0.480 e. The van der Waals surface area contributed by atoms with Crippen molar-refractivity contribution >= 4 is 11.9 Å². The van der Waals surface area contributed by atoms with E-state index in [0.717, 1.165) is 6.42 Å². The van der Waals surface area contributed by atoms with Crippen LogP contribution in [-0.2, 0) is 9.59 Å². The van der Waals surface area contributed by atoms with Crippen LogP contribution in [0.15, 0.2) is 0 Å². The van der Waals surface area contributed by atoms with Crippen LogP contribution >= 0.6 is 0 Å². The van der Waals surface area contributed by atoms with E-state index in [1.807, 2.05) is 6.92 Å². The number of carboxylic acid groups (broad SMARTS) is 1. The summed E-state index contributed by atoms with van der Waals surface area (Å²) in [4.78, 5) is 24.8. The maximum atomic E-state index is 12.2. The predicted octanol–water partition coefficient (Wildman–Crippen LogP) is 1.07. The van der Waals surface area contributed by atoms with Crippen molar-refractivity contribution in [3.8, 4) is 0 Å². The standard InChI is InChI=1S/C12H24N2O3/c1-5-7-9(8-13)10(15)14(6-2)12(3,4)11(16)17/h9H,5-8,13H2,1-4H3,(H,16,17). The smallest absolute Gasteiger partial charge is 0.329 e. The normalized spacial score (nSPS) is 13.2. The van der Waals surface area contributed by atoms with Gasteiger partial charge in [-0.25, -0.2) is 4.79 Å². The Hall–Kier alpha value is -1.10. The van der Waals surface area contributed by atoms with Crippen molar-refractivity contribution < 1.29 is 14.7 Å². The second-order valence-electron chi connectivity index (χ2n) is 4.67. The molecule has 0 rings (SSSR count). The van der Waals surface area contributed by atoms with E-state index in [2.05, 4.69) is 0 Å². The number of nitrogens with two attached hydrogens (primary N) is 1. The van der Waals surface area contributed by atoms with E-state index < -0.39 is 11.5 Å². The van der Waals surface area contributed by atoms with Crippen LogP contribution in [0.25, 0.3) is 0 Å². The first-order chi connectivity index (χ1) is 7.82. The van der Waals surface area contributed by atoms with Crippen molar-refractivity contribution in [2.75, 3.05) is 13.1 Å².